The molecule has 32 heavy (non-hydrogen) atoms. The summed E-state index contributed by atoms with van der Waals surface area (Å²) in [7, 11) is 1.45. The molecule has 0 saturated heterocycles. The van der Waals surface area contributed by atoms with Gasteiger partial charge in [0.25, 0.3) is 0 Å². The average Bonchev–Trinajstić information content (AvgIpc) is 2.85. The Balaban J connectivity index is 2.04. The lowest BCUT2D eigenvalue weighted by Crippen LogP contribution is -2.45. The number of ether oxygens (including phenoxy) is 1. The van der Waals surface area contributed by atoms with Crippen molar-refractivity contribution in [1.29, 1.82) is 0 Å². The third-order valence-electron chi connectivity index (χ3n) is 5.77. The number of amides is 1. The highest BCUT2D eigenvalue weighted by atomic mass is 19.4. The largest absolute Gasteiger partial charge is 0.497 e. The minimum atomic E-state index is -5.13. The SMILES string of the molecule is COc1cccc(C2C3=C(CC(C)(C)CC3=O)Nc3ccccc3N2C(=O)C(F)(F)F)c1. The Hall–Kier alpha value is -3.29. The van der Waals surface area contributed by atoms with E-state index in [2.05, 4.69) is 5.32 Å². The molecule has 2 aliphatic rings. The first-order valence-electron chi connectivity index (χ1n) is 10.2. The summed E-state index contributed by atoms with van der Waals surface area (Å²) in [6.45, 7) is 3.87. The van der Waals surface area contributed by atoms with Crippen LogP contribution in [0.25, 0.3) is 0 Å². The van der Waals surface area contributed by atoms with E-state index in [9.17, 15) is 22.8 Å². The third-order valence-corrected chi connectivity index (χ3v) is 5.77. The number of anilines is 2. The molecule has 1 aliphatic heterocycles. The summed E-state index contributed by atoms with van der Waals surface area (Å²) >= 11 is 0. The molecule has 2 aromatic carbocycles. The Kier molecular flexibility index (Phi) is 5.27. The number of alkyl halides is 3. The van der Waals surface area contributed by atoms with Crippen LogP contribution in [0.4, 0.5) is 24.5 Å². The molecule has 1 aliphatic carbocycles. The van der Waals surface area contributed by atoms with Gasteiger partial charge in [-0.3, -0.25) is 14.5 Å². The number of rotatable bonds is 2. The monoisotopic (exact) mass is 444 g/mol. The normalized spacial score (nSPS) is 20.1. The number of nitrogens with one attached hydrogen (secondary N) is 1. The van der Waals surface area contributed by atoms with E-state index in [1.165, 1.54) is 13.2 Å². The van der Waals surface area contributed by atoms with Gasteiger partial charge in [0.05, 0.1) is 24.5 Å². The van der Waals surface area contributed by atoms with Gasteiger partial charge in [0.15, 0.2) is 5.78 Å². The van der Waals surface area contributed by atoms with Crippen LogP contribution in [0.5, 0.6) is 5.75 Å². The van der Waals surface area contributed by atoms with E-state index >= 15 is 0 Å². The van der Waals surface area contributed by atoms with Crippen LogP contribution in [0.15, 0.2) is 59.8 Å². The fourth-order valence-electron chi connectivity index (χ4n) is 4.47. The number of benzene rings is 2. The quantitative estimate of drug-likeness (QED) is 0.674. The van der Waals surface area contributed by atoms with Gasteiger partial charge in [0.1, 0.15) is 5.75 Å². The van der Waals surface area contributed by atoms with Crippen molar-refractivity contribution >= 4 is 23.1 Å². The second kappa shape index (κ2) is 7.69. The molecule has 0 bridgehead atoms. The van der Waals surface area contributed by atoms with Crippen molar-refractivity contribution in [3.8, 4) is 5.75 Å². The zero-order valence-corrected chi connectivity index (χ0v) is 17.9. The van der Waals surface area contributed by atoms with Gasteiger partial charge < -0.3 is 10.1 Å². The molecule has 0 radical (unpaired) electrons. The summed E-state index contributed by atoms with van der Waals surface area (Å²) in [6, 6.07) is 11.5. The average molecular weight is 444 g/mol. The van der Waals surface area contributed by atoms with Gasteiger partial charge >= 0.3 is 12.1 Å². The summed E-state index contributed by atoms with van der Waals surface area (Å²) < 4.78 is 46.7. The number of carbonyl (C=O) groups excluding carboxylic acids is 2. The summed E-state index contributed by atoms with van der Waals surface area (Å²) in [5.74, 6) is -1.91. The number of hydrogen-bond donors (Lipinski definition) is 1. The van der Waals surface area contributed by atoms with Crippen molar-refractivity contribution in [2.45, 2.75) is 38.9 Å². The van der Waals surface area contributed by atoms with Gasteiger partial charge in [0, 0.05) is 17.7 Å². The van der Waals surface area contributed by atoms with Gasteiger partial charge in [0.2, 0.25) is 0 Å². The Morgan fingerprint density at radius 3 is 2.53 bits per heavy atom. The van der Waals surface area contributed by atoms with Gasteiger partial charge in [-0.15, -0.1) is 0 Å². The molecule has 1 heterocycles. The molecule has 1 atom stereocenters. The third kappa shape index (κ3) is 3.85. The molecule has 2 aromatic rings. The molecule has 5 nitrogen and oxygen atoms in total. The van der Waals surface area contributed by atoms with Crippen LogP contribution in [-0.4, -0.2) is 25.0 Å². The van der Waals surface area contributed by atoms with Crippen molar-refractivity contribution in [3.63, 3.8) is 0 Å². The van der Waals surface area contributed by atoms with E-state index in [4.69, 9.17) is 4.74 Å². The van der Waals surface area contributed by atoms with E-state index in [1.807, 2.05) is 13.8 Å². The van der Waals surface area contributed by atoms with Crippen molar-refractivity contribution in [1.82, 2.24) is 0 Å². The lowest BCUT2D eigenvalue weighted by atomic mass is 9.73. The highest BCUT2D eigenvalue weighted by Crippen LogP contribution is 2.49. The number of hydrogen-bond acceptors (Lipinski definition) is 4. The second-order valence-electron chi connectivity index (χ2n) is 8.83. The number of para-hydroxylation sites is 2. The summed E-state index contributed by atoms with van der Waals surface area (Å²) in [6.07, 6.45) is -4.51. The molecule has 1 unspecified atom stereocenters. The molecular formula is C24H23F3N2O3. The van der Waals surface area contributed by atoms with Gasteiger partial charge in [-0.25, -0.2) is 0 Å². The molecule has 0 spiro atoms. The number of Topliss-reactive ketones (excluding diaryl/α,β-unsaturated/α-hetero) is 1. The second-order valence-corrected chi connectivity index (χ2v) is 8.83. The van der Waals surface area contributed by atoms with Crippen LogP contribution < -0.4 is 15.0 Å². The van der Waals surface area contributed by atoms with Crippen LogP contribution in [-0.2, 0) is 9.59 Å². The molecule has 1 N–H and O–H groups in total. The Morgan fingerprint density at radius 2 is 1.84 bits per heavy atom. The van der Waals surface area contributed by atoms with Crippen LogP contribution in [0, 0.1) is 5.41 Å². The molecule has 0 saturated carbocycles. The van der Waals surface area contributed by atoms with Gasteiger partial charge in [-0.2, -0.15) is 13.2 Å². The molecule has 4 rings (SSSR count). The molecule has 0 fully saturated rings. The van der Waals surface area contributed by atoms with Crippen molar-refractivity contribution < 1.29 is 27.5 Å². The molecule has 0 aromatic heterocycles. The predicted molar refractivity (Wildman–Crippen MR) is 114 cm³/mol. The summed E-state index contributed by atoms with van der Waals surface area (Å²) in [5, 5.41) is 3.18. The number of halogens is 3. The lowest BCUT2D eigenvalue weighted by molar-refractivity contribution is -0.170. The van der Waals surface area contributed by atoms with Crippen LogP contribution >= 0.6 is 0 Å². The fourth-order valence-corrected chi connectivity index (χ4v) is 4.47. The fraction of sp³-hybridized carbons (Fsp3) is 0.333. The first-order valence-corrected chi connectivity index (χ1v) is 10.2. The summed E-state index contributed by atoms with van der Waals surface area (Å²) in [5.41, 5.74) is 1.09. The van der Waals surface area contributed by atoms with Gasteiger partial charge in [-0.05, 0) is 41.7 Å². The van der Waals surface area contributed by atoms with E-state index < -0.39 is 18.1 Å². The molecular weight excluding hydrogens is 421 g/mol. The Morgan fingerprint density at radius 1 is 1.12 bits per heavy atom. The standard InChI is InChI=1S/C24H23F3N2O3/c1-23(2)12-17-20(19(30)13-23)21(14-7-6-8-15(11-14)32-3)29(22(31)24(25,26)27)18-10-5-4-9-16(18)28-17/h4-11,21,28H,12-13H2,1-3H3. The maximum absolute atomic E-state index is 13.8. The molecule has 168 valence electrons. The van der Waals surface area contributed by atoms with Crippen molar-refractivity contribution in [2.75, 3.05) is 17.3 Å². The highest BCUT2D eigenvalue weighted by Gasteiger charge is 2.50. The topological polar surface area (TPSA) is 58.6 Å². The summed E-state index contributed by atoms with van der Waals surface area (Å²) in [4.78, 5) is 26.8. The number of carbonyl (C=O) groups is 2. The predicted octanol–water partition coefficient (Wildman–Crippen LogP) is 5.40. The minimum Gasteiger partial charge on any atom is -0.497 e. The maximum Gasteiger partial charge on any atom is 0.471 e. The minimum absolute atomic E-state index is 0.0580. The number of ketones is 1. The van der Waals surface area contributed by atoms with Crippen LogP contribution in [0.1, 0.15) is 38.3 Å². The first kappa shape index (κ1) is 21.9. The molecule has 8 heteroatoms. The number of fused-ring (bicyclic) bond motifs is 1. The molecule has 1 amide bonds. The van der Waals surface area contributed by atoms with Gasteiger partial charge in [-0.1, -0.05) is 38.1 Å². The van der Waals surface area contributed by atoms with Crippen molar-refractivity contribution in [2.24, 2.45) is 5.41 Å². The van der Waals surface area contributed by atoms with Crippen molar-refractivity contribution in [3.05, 3.63) is 65.4 Å². The zero-order chi connectivity index (χ0) is 23.3. The van der Waals surface area contributed by atoms with E-state index in [0.29, 0.717) is 34.0 Å². The maximum atomic E-state index is 13.8. The Labute approximate surface area is 183 Å². The number of allylic oxidation sites excluding steroid dienone is 1. The highest BCUT2D eigenvalue weighted by molar-refractivity contribution is 6.07. The van der Waals surface area contributed by atoms with E-state index in [0.717, 1.165) is 0 Å². The van der Waals surface area contributed by atoms with Crippen LogP contribution in [0.3, 0.4) is 0 Å². The smallest absolute Gasteiger partial charge is 0.471 e. The first-order chi connectivity index (χ1) is 15.0. The number of nitrogens with zero attached hydrogens (tertiary/aromatic N) is 1. The Bertz CT molecular complexity index is 1120. The zero-order valence-electron chi connectivity index (χ0n) is 17.9. The number of methoxy groups -OCH3 is 1. The van der Waals surface area contributed by atoms with E-state index in [-0.39, 0.29) is 28.9 Å². The lowest BCUT2D eigenvalue weighted by Gasteiger charge is -2.37. The van der Waals surface area contributed by atoms with Crippen LogP contribution in [0.2, 0.25) is 0 Å². The van der Waals surface area contributed by atoms with E-state index in [1.54, 1.807) is 42.5 Å².